The summed E-state index contributed by atoms with van der Waals surface area (Å²) in [6.45, 7) is 5.54. The van der Waals surface area contributed by atoms with Gasteiger partial charge in [-0.15, -0.1) is 0 Å². The third-order valence-corrected chi connectivity index (χ3v) is 5.07. The van der Waals surface area contributed by atoms with Gasteiger partial charge in [0.2, 0.25) is 0 Å². The molecule has 0 radical (unpaired) electrons. The Morgan fingerprint density at radius 2 is 1.66 bits per heavy atom. The molecule has 0 aliphatic heterocycles. The number of carbonyl (C=O) groups is 1. The maximum Gasteiger partial charge on any atom is 0.333 e. The maximum atomic E-state index is 11.2. The summed E-state index contributed by atoms with van der Waals surface area (Å²) in [5, 5.41) is 10.5. The van der Waals surface area contributed by atoms with E-state index in [1.54, 1.807) is 37.3 Å². The average molecular weight is 518 g/mol. The van der Waals surface area contributed by atoms with Gasteiger partial charge >= 0.3 is 5.97 Å². The van der Waals surface area contributed by atoms with Crippen LogP contribution < -0.4 is 20.4 Å². The molecule has 0 fully saturated rings. The zero-order valence-corrected chi connectivity index (χ0v) is 20.4. The second-order valence-electron chi connectivity index (χ2n) is 6.94. The van der Waals surface area contributed by atoms with Crippen LogP contribution in [0.1, 0.15) is 6.92 Å². The molecule has 0 unspecified atom stereocenters. The Kier molecular flexibility index (Phi) is 10.7. The van der Waals surface area contributed by atoms with Crippen LogP contribution in [0.25, 0.3) is 0 Å². The van der Waals surface area contributed by atoms with E-state index in [-0.39, 0.29) is 18.9 Å². The van der Waals surface area contributed by atoms with Crippen LogP contribution in [0, 0.1) is 10.1 Å². The second kappa shape index (κ2) is 13.7. The van der Waals surface area contributed by atoms with Crippen molar-refractivity contribution in [1.29, 1.82) is 0 Å². The first-order valence-electron chi connectivity index (χ1n) is 10.1. The first-order chi connectivity index (χ1) is 16.7. The summed E-state index contributed by atoms with van der Waals surface area (Å²) in [4.78, 5) is 21.7. The number of nitrogens with zero attached hydrogens (tertiary/aromatic N) is 1. The van der Waals surface area contributed by atoms with Crippen molar-refractivity contribution in [1.82, 2.24) is 0 Å². The summed E-state index contributed by atoms with van der Waals surface area (Å²) in [7, 11) is 0. The fourth-order valence-electron chi connectivity index (χ4n) is 2.28. The van der Waals surface area contributed by atoms with Gasteiger partial charge in [-0.25, -0.2) is 4.79 Å². The van der Waals surface area contributed by atoms with Crippen molar-refractivity contribution in [2.24, 2.45) is 0 Å². The van der Waals surface area contributed by atoms with Gasteiger partial charge in [0.1, 0.15) is 19.0 Å². The minimum atomic E-state index is -0.459. The van der Waals surface area contributed by atoms with E-state index in [1.807, 2.05) is 12.1 Å². The van der Waals surface area contributed by atoms with Gasteiger partial charge < -0.3 is 25.1 Å². The number of halogens is 1. The highest BCUT2D eigenvalue weighted by Crippen LogP contribution is 2.32. The normalized spacial score (nSPS) is 9.89. The number of ether oxygens (including phenoxy) is 2. The van der Waals surface area contributed by atoms with Crippen LogP contribution in [0.5, 0.6) is 11.5 Å². The van der Waals surface area contributed by atoms with Crippen molar-refractivity contribution in [3.05, 3.63) is 94.0 Å². The van der Waals surface area contributed by atoms with E-state index in [0.717, 1.165) is 4.90 Å². The third kappa shape index (κ3) is 9.86. The molecular weight excluding hydrogens is 494 g/mol. The summed E-state index contributed by atoms with van der Waals surface area (Å²) in [5.41, 5.74) is 12.5. The summed E-state index contributed by atoms with van der Waals surface area (Å²) in [6.07, 6.45) is 0. The lowest BCUT2D eigenvalue weighted by Gasteiger charge is -2.09. The molecule has 0 aliphatic carbocycles. The molecule has 0 amide bonds. The quantitative estimate of drug-likeness (QED) is 0.0696. The van der Waals surface area contributed by atoms with Crippen LogP contribution in [0.15, 0.2) is 83.8 Å². The van der Waals surface area contributed by atoms with E-state index < -0.39 is 10.9 Å². The molecular formula is C24H24ClN3O6S. The molecule has 0 heterocycles. The Labute approximate surface area is 212 Å². The van der Waals surface area contributed by atoms with Crippen LogP contribution in [0.2, 0.25) is 5.02 Å². The number of rotatable bonds is 9. The van der Waals surface area contributed by atoms with Gasteiger partial charge in [-0.3, -0.25) is 10.1 Å². The minimum absolute atomic E-state index is 0.0641. The molecule has 184 valence electrons. The Bertz CT molecular complexity index is 1160. The topological polar surface area (TPSA) is 140 Å². The van der Waals surface area contributed by atoms with Crippen molar-refractivity contribution in [3.8, 4) is 11.5 Å². The molecule has 3 aromatic rings. The Hall–Kier alpha value is -3.89. The number of anilines is 2. The van der Waals surface area contributed by atoms with E-state index in [2.05, 4.69) is 6.58 Å². The zero-order valence-electron chi connectivity index (χ0n) is 18.8. The number of hydrogen-bond acceptors (Lipinski definition) is 9. The largest absolute Gasteiger partial charge is 0.490 e. The number of non-ortho nitro benzene ring substituents is 1. The molecule has 0 saturated heterocycles. The first-order valence-corrected chi connectivity index (χ1v) is 11.2. The minimum Gasteiger partial charge on any atom is -0.490 e. The number of nitrogen functional groups attached to an aromatic ring is 2. The highest BCUT2D eigenvalue weighted by Gasteiger charge is 2.05. The van der Waals surface area contributed by atoms with Crippen molar-refractivity contribution in [3.63, 3.8) is 0 Å². The molecule has 3 rings (SSSR count). The Morgan fingerprint density at radius 1 is 1.03 bits per heavy atom. The molecule has 0 bridgehead atoms. The number of esters is 1. The summed E-state index contributed by atoms with van der Waals surface area (Å²) < 4.78 is 16.0. The number of nitrogens with two attached hydrogens (primary N) is 2. The van der Waals surface area contributed by atoms with Crippen LogP contribution >= 0.6 is 23.6 Å². The summed E-state index contributed by atoms with van der Waals surface area (Å²) in [6, 6.07) is 18.1. The molecule has 9 nitrogen and oxygen atoms in total. The monoisotopic (exact) mass is 517 g/mol. The lowest BCUT2D eigenvalue weighted by atomic mass is 10.3. The standard InChI is InChI=1S/C18H18ClNO4S.C6H6N2O2/c1-12(2)18(21)23-10-9-22-14-4-6-15(7-5-14)25-24-17-8-3-13(20)11-16(17)19;7-5-1-3-6(4-2-5)8(9)10/h3-8,11H,1,9-10,20H2,2H3;1-4H,7H2. The third-order valence-electron chi connectivity index (χ3n) is 4.04. The molecule has 0 spiro atoms. The molecule has 35 heavy (non-hydrogen) atoms. The number of nitro groups is 1. The van der Waals surface area contributed by atoms with Crippen molar-refractivity contribution < 1.29 is 23.4 Å². The zero-order chi connectivity index (χ0) is 25.8. The highest BCUT2D eigenvalue weighted by molar-refractivity contribution is 7.95. The molecule has 3 aromatic carbocycles. The van der Waals surface area contributed by atoms with E-state index in [4.69, 9.17) is 36.7 Å². The lowest BCUT2D eigenvalue weighted by molar-refractivity contribution is -0.384. The number of carbonyl (C=O) groups excluding carboxylic acids is 1. The highest BCUT2D eigenvalue weighted by atomic mass is 35.5. The van der Waals surface area contributed by atoms with E-state index in [9.17, 15) is 14.9 Å². The van der Waals surface area contributed by atoms with Gasteiger partial charge in [0, 0.05) is 34.0 Å². The van der Waals surface area contributed by atoms with Crippen LogP contribution in [-0.2, 0) is 9.53 Å². The summed E-state index contributed by atoms with van der Waals surface area (Å²) >= 11 is 7.23. The van der Waals surface area contributed by atoms with Crippen LogP contribution in [0.4, 0.5) is 17.1 Å². The smallest absolute Gasteiger partial charge is 0.333 e. The van der Waals surface area contributed by atoms with Crippen LogP contribution in [0.3, 0.4) is 0 Å². The van der Waals surface area contributed by atoms with Crippen molar-refractivity contribution >= 4 is 46.7 Å². The number of benzene rings is 3. The first kappa shape index (κ1) is 27.4. The van der Waals surface area contributed by atoms with Gasteiger partial charge in [-0.2, -0.15) is 0 Å². The number of nitro benzene ring substituents is 1. The predicted octanol–water partition coefficient (Wildman–Crippen LogP) is 5.68. The maximum absolute atomic E-state index is 11.2. The van der Waals surface area contributed by atoms with Crippen molar-refractivity contribution in [2.45, 2.75) is 11.8 Å². The van der Waals surface area contributed by atoms with Gasteiger partial charge in [0.05, 0.1) is 22.0 Å². The fraction of sp³-hybridized carbons (Fsp3) is 0.125. The second-order valence-corrected chi connectivity index (χ2v) is 8.15. The van der Waals surface area contributed by atoms with Gasteiger partial charge in [0.25, 0.3) is 5.69 Å². The SMILES string of the molecule is C=C(C)C(=O)OCCOc1ccc(SOc2ccc(N)cc2Cl)cc1.Nc1ccc([N+](=O)[O-])cc1. The molecule has 0 aromatic heterocycles. The van der Waals surface area contributed by atoms with Crippen molar-refractivity contribution in [2.75, 3.05) is 24.7 Å². The molecule has 0 aliphatic rings. The van der Waals surface area contributed by atoms with Gasteiger partial charge in [-0.1, -0.05) is 18.2 Å². The molecule has 0 atom stereocenters. The molecule has 0 saturated carbocycles. The number of hydrogen-bond donors (Lipinski definition) is 2. The summed E-state index contributed by atoms with van der Waals surface area (Å²) in [5.74, 6) is 0.788. The van der Waals surface area contributed by atoms with Crippen LogP contribution in [-0.4, -0.2) is 24.1 Å². The lowest BCUT2D eigenvalue weighted by Crippen LogP contribution is -2.12. The molecule has 4 N–H and O–H groups in total. The van der Waals surface area contributed by atoms with Gasteiger partial charge in [-0.05, 0) is 61.5 Å². The average Bonchev–Trinajstić information content (AvgIpc) is 2.82. The van der Waals surface area contributed by atoms with E-state index in [0.29, 0.717) is 33.5 Å². The van der Waals surface area contributed by atoms with E-state index in [1.165, 1.54) is 36.3 Å². The van der Waals surface area contributed by atoms with Gasteiger partial charge in [0.15, 0.2) is 5.75 Å². The Balaban J connectivity index is 0.000000360. The Morgan fingerprint density at radius 3 is 2.23 bits per heavy atom. The molecule has 11 heteroatoms. The fourth-order valence-corrected chi connectivity index (χ4v) is 3.13. The van der Waals surface area contributed by atoms with E-state index >= 15 is 0 Å². The predicted molar refractivity (Wildman–Crippen MR) is 138 cm³/mol.